The first-order valence-electron chi connectivity index (χ1n) is 3.83. The van der Waals surface area contributed by atoms with Crippen molar-refractivity contribution in [3.63, 3.8) is 0 Å². The van der Waals surface area contributed by atoms with Crippen molar-refractivity contribution in [2.24, 2.45) is 0 Å². The molecule has 0 aliphatic carbocycles. The lowest BCUT2D eigenvalue weighted by atomic mass is 10.1. The van der Waals surface area contributed by atoms with Crippen LogP contribution in [0.1, 0.15) is 5.56 Å². The van der Waals surface area contributed by atoms with E-state index >= 15 is 0 Å². The number of hydrogen-bond donors (Lipinski definition) is 1. The molecule has 0 saturated carbocycles. The fourth-order valence-electron chi connectivity index (χ4n) is 1.01. The maximum atomic E-state index is 12.3. The first-order chi connectivity index (χ1) is 7.23. The van der Waals surface area contributed by atoms with Gasteiger partial charge in [0.25, 0.3) is 0 Å². The summed E-state index contributed by atoms with van der Waals surface area (Å²) in [5, 5.41) is 0. The molecule has 1 rings (SSSR count). The number of ether oxygens (including phenoxy) is 1. The third kappa shape index (κ3) is 2.75. The molecule has 90 valence electrons. The molecule has 0 bridgehead atoms. The van der Waals surface area contributed by atoms with Crippen LogP contribution in [0.15, 0.2) is 16.6 Å². The Morgan fingerprint density at radius 3 is 2.25 bits per heavy atom. The van der Waals surface area contributed by atoms with Crippen molar-refractivity contribution in [2.45, 2.75) is 12.8 Å². The SMILES string of the molecule is Nc1c(C(F)(F)F)ccc(OC(F)F)c1Br. The number of benzene rings is 1. The monoisotopic (exact) mass is 305 g/mol. The van der Waals surface area contributed by atoms with Crippen LogP contribution in [0.5, 0.6) is 5.75 Å². The van der Waals surface area contributed by atoms with Gasteiger partial charge in [-0.2, -0.15) is 22.0 Å². The molecule has 2 N–H and O–H groups in total. The standard InChI is InChI=1S/C8H5BrF5NO/c9-5-4(16-7(10)11)2-1-3(6(5)15)8(12,13)14/h1-2,7H,15H2. The third-order valence-electron chi connectivity index (χ3n) is 1.67. The van der Waals surface area contributed by atoms with E-state index in [0.717, 1.165) is 6.07 Å². The number of nitrogen functional groups attached to an aromatic ring is 1. The zero-order valence-electron chi connectivity index (χ0n) is 7.49. The topological polar surface area (TPSA) is 35.2 Å². The van der Waals surface area contributed by atoms with Gasteiger partial charge in [-0.25, -0.2) is 0 Å². The van der Waals surface area contributed by atoms with Crippen LogP contribution in [0.3, 0.4) is 0 Å². The molecule has 16 heavy (non-hydrogen) atoms. The summed E-state index contributed by atoms with van der Waals surface area (Å²) in [6, 6.07) is 1.35. The Hall–Kier alpha value is -1.05. The fraction of sp³-hybridized carbons (Fsp3) is 0.250. The van der Waals surface area contributed by atoms with E-state index in [4.69, 9.17) is 5.73 Å². The molecule has 0 atom stereocenters. The molecule has 0 amide bonds. The molecule has 2 nitrogen and oxygen atoms in total. The Morgan fingerprint density at radius 2 is 1.81 bits per heavy atom. The Labute approximate surface area is 95.3 Å². The van der Waals surface area contributed by atoms with E-state index < -0.39 is 29.8 Å². The summed E-state index contributed by atoms with van der Waals surface area (Å²) in [7, 11) is 0. The van der Waals surface area contributed by atoms with E-state index in [9.17, 15) is 22.0 Å². The second-order valence-electron chi connectivity index (χ2n) is 2.72. The van der Waals surface area contributed by atoms with Gasteiger partial charge >= 0.3 is 12.8 Å². The van der Waals surface area contributed by atoms with E-state index in [-0.39, 0.29) is 4.47 Å². The molecule has 0 heterocycles. The summed E-state index contributed by atoms with van der Waals surface area (Å²) in [6.07, 6.45) is -4.64. The van der Waals surface area contributed by atoms with Gasteiger partial charge in [-0.1, -0.05) is 0 Å². The van der Waals surface area contributed by atoms with Crippen molar-refractivity contribution < 1.29 is 26.7 Å². The molecule has 0 aromatic heterocycles. The molecule has 0 radical (unpaired) electrons. The van der Waals surface area contributed by atoms with Crippen molar-refractivity contribution in [1.82, 2.24) is 0 Å². The van der Waals surface area contributed by atoms with Gasteiger partial charge in [0.05, 0.1) is 15.7 Å². The minimum absolute atomic E-state index is 0.345. The van der Waals surface area contributed by atoms with Gasteiger partial charge in [0, 0.05) is 0 Å². The van der Waals surface area contributed by atoms with Crippen molar-refractivity contribution in [3.8, 4) is 5.75 Å². The van der Waals surface area contributed by atoms with Gasteiger partial charge in [-0.15, -0.1) is 0 Å². The Morgan fingerprint density at radius 1 is 1.25 bits per heavy atom. The lowest BCUT2D eigenvalue weighted by molar-refractivity contribution is -0.137. The largest absolute Gasteiger partial charge is 0.434 e. The summed E-state index contributed by atoms with van der Waals surface area (Å²) in [5.74, 6) is -0.444. The van der Waals surface area contributed by atoms with Gasteiger partial charge in [-0.05, 0) is 28.1 Å². The summed E-state index contributed by atoms with van der Waals surface area (Å²) < 4.78 is 64.3. The van der Waals surface area contributed by atoms with E-state index in [1.165, 1.54) is 0 Å². The van der Waals surface area contributed by atoms with Gasteiger partial charge in [0.15, 0.2) is 0 Å². The Balaban J connectivity index is 3.19. The zero-order valence-corrected chi connectivity index (χ0v) is 9.07. The molecule has 0 saturated heterocycles. The van der Waals surface area contributed by atoms with Gasteiger partial charge < -0.3 is 10.5 Å². The molecule has 0 aliphatic heterocycles. The summed E-state index contributed by atoms with van der Waals surface area (Å²) in [6.45, 7) is -3.13. The minimum atomic E-state index is -4.64. The second kappa shape index (κ2) is 4.44. The fourth-order valence-corrected chi connectivity index (χ4v) is 1.45. The highest BCUT2D eigenvalue weighted by Crippen LogP contribution is 2.41. The Bertz CT molecular complexity index is 393. The number of alkyl halides is 5. The van der Waals surface area contributed by atoms with E-state index in [1.807, 2.05) is 0 Å². The number of halogens is 6. The molecule has 0 fully saturated rings. The number of hydrogen-bond acceptors (Lipinski definition) is 2. The summed E-state index contributed by atoms with van der Waals surface area (Å²) in [4.78, 5) is 0. The molecule has 1 aromatic carbocycles. The highest BCUT2D eigenvalue weighted by Gasteiger charge is 2.34. The summed E-state index contributed by atoms with van der Waals surface area (Å²) in [5.41, 5.74) is 3.35. The van der Waals surface area contributed by atoms with Crippen LogP contribution in [-0.2, 0) is 6.18 Å². The van der Waals surface area contributed by atoms with Crippen molar-refractivity contribution in [1.29, 1.82) is 0 Å². The van der Waals surface area contributed by atoms with Gasteiger partial charge in [-0.3, -0.25) is 0 Å². The molecular formula is C8H5BrF5NO. The van der Waals surface area contributed by atoms with Crippen LogP contribution in [-0.4, -0.2) is 6.61 Å². The molecule has 8 heteroatoms. The van der Waals surface area contributed by atoms with Crippen LogP contribution < -0.4 is 10.5 Å². The second-order valence-corrected chi connectivity index (χ2v) is 3.51. The molecule has 0 spiro atoms. The third-order valence-corrected chi connectivity index (χ3v) is 2.48. The van der Waals surface area contributed by atoms with Crippen LogP contribution in [0.25, 0.3) is 0 Å². The maximum Gasteiger partial charge on any atom is 0.418 e. The lowest BCUT2D eigenvalue weighted by Crippen LogP contribution is -2.11. The molecular weight excluding hydrogens is 301 g/mol. The Kier molecular flexibility index (Phi) is 3.61. The lowest BCUT2D eigenvalue weighted by Gasteiger charge is -2.14. The van der Waals surface area contributed by atoms with Crippen molar-refractivity contribution in [3.05, 3.63) is 22.2 Å². The first-order valence-corrected chi connectivity index (χ1v) is 4.62. The number of nitrogens with two attached hydrogens (primary N) is 1. The van der Waals surface area contributed by atoms with Crippen LogP contribution in [0.2, 0.25) is 0 Å². The van der Waals surface area contributed by atoms with Crippen LogP contribution >= 0.6 is 15.9 Å². The normalized spacial score (nSPS) is 11.9. The average Bonchev–Trinajstić information content (AvgIpc) is 2.10. The minimum Gasteiger partial charge on any atom is -0.434 e. The smallest absolute Gasteiger partial charge is 0.418 e. The number of anilines is 1. The highest BCUT2D eigenvalue weighted by molar-refractivity contribution is 9.10. The predicted octanol–water partition coefficient (Wildman–Crippen LogP) is 3.65. The van der Waals surface area contributed by atoms with Crippen LogP contribution in [0.4, 0.5) is 27.6 Å². The van der Waals surface area contributed by atoms with E-state index in [1.54, 1.807) is 0 Å². The summed E-state index contributed by atoms with van der Waals surface area (Å²) >= 11 is 2.67. The molecule has 0 unspecified atom stereocenters. The predicted molar refractivity (Wildman–Crippen MR) is 50.2 cm³/mol. The van der Waals surface area contributed by atoms with Crippen molar-refractivity contribution in [2.75, 3.05) is 5.73 Å². The van der Waals surface area contributed by atoms with E-state index in [0.29, 0.717) is 6.07 Å². The van der Waals surface area contributed by atoms with Crippen LogP contribution in [0, 0.1) is 0 Å². The van der Waals surface area contributed by atoms with E-state index in [2.05, 4.69) is 20.7 Å². The van der Waals surface area contributed by atoms with Gasteiger partial charge in [0.2, 0.25) is 0 Å². The first kappa shape index (κ1) is 13.0. The maximum absolute atomic E-state index is 12.3. The van der Waals surface area contributed by atoms with Gasteiger partial charge in [0.1, 0.15) is 5.75 Å². The molecule has 0 aliphatic rings. The average molecular weight is 306 g/mol. The molecule has 1 aromatic rings. The number of rotatable bonds is 2. The zero-order chi connectivity index (χ0) is 12.5. The van der Waals surface area contributed by atoms with Crippen molar-refractivity contribution >= 4 is 21.6 Å². The highest BCUT2D eigenvalue weighted by atomic mass is 79.9. The quantitative estimate of drug-likeness (QED) is 0.668.